The van der Waals surface area contributed by atoms with Crippen molar-refractivity contribution in [2.75, 3.05) is 13.7 Å². The van der Waals surface area contributed by atoms with Gasteiger partial charge in [-0.25, -0.2) is 9.78 Å². The minimum absolute atomic E-state index is 0.0371. The zero-order chi connectivity index (χ0) is 18.8. The Morgan fingerprint density at radius 3 is 2.78 bits per heavy atom. The van der Waals surface area contributed by atoms with E-state index in [-0.39, 0.29) is 23.2 Å². The van der Waals surface area contributed by atoms with Crippen LogP contribution in [0.4, 0.5) is 0 Å². The van der Waals surface area contributed by atoms with Crippen LogP contribution < -0.4 is 11.2 Å². The van der Waals surface area contributed by atoms with Gasteiger partial charge in [-0.3, -0.25) is 14.3 Å². The molecule has 2 atom stereocenters. The van der Waals surface area contributed by atoms with Crippen molar-refractivity contribution in [3.63, 3.8) is 0 Å². The Hall–Kier alpha value is -2.77. The number of likely N-dealkylation sites (tertiary alicyclic amines) is 1. The maximum Gasteiger partial charge on any atom is 0.328 e. The molecule has 140 valence electrons. The van der Waals surface area contributed by atoms with Crippen LogP contribution in [0.25, 0.3) is 11.0 Å². The van der Waals surface area contributed by atoms with Gasteiger partial charge in [-0.05, 0) is 24.1 Å². The Labute approximate surface area is 156 Å². The first-order chi connectivity index (χ1) is 13.2. The van der Waals surface area contributed by atoms with Crippen LogP contribution in [0.5, 0.6) is 0 Å². The standard InChI is InChI=1S/C20H22N4O3/c1-27-16-10-15(23(13-16)11-14-6-3-2-4-7-14)12-24-19(25)18-17(22-20(24)26)8-5-9-21-18/h2-9,15-16H,10-13H2,1H3,(H,22,26)/t15-,16+/m0/s1. The number of hydrogen-bond acceptors (Lipinski definition) is 5. The molecular formula is C20H22N4O3. The highest BCUT2D eigenvalue weighted by molar-refractivity contribution is 5.71. The predicted molar refractivity (Wildman–Crippen MR) is 103 cm³/mol. The highest BCUT2D eigenvalue weighted by atomic mass is 16.5. The first kappa shape index (κ1) is 17.6. The summed E-state index contributed by atoms with van der Waals surface area (Å²) in [6.07, 6.45) is 2.42. The minimum atomic E-state index is -0.402. The van der Waals surface area contributed by atoms with Gasteiger partial charge in [-0.15, -0.1) is 0 Å². The van der Waals surface area contributed by atoms with Crippen molar-refractivity contribution < 1.29 is 4.74 Å². The van der Waals surface area contributed by atoms with E-state index in [1.165, 1.54) is 10.1 Å². The second-order valence-electron chi connectivity index (χ2n) is 6.91. The molecule has 0 radical (unpaired) electrons. The van der Waals surface area contributed by atoms with Gasteiger partial charge in [-0.2, -0.15) is 0 Å². The van der Waals surface area contributed by atoms with Gasteiger partial charge < -0.3 is 9.72 Å². The molecule has 7 nitrogen and oxygen atoms in total. The quantitative estimate of drug-likeness (QED) is 0.738. The van der Waals surface area contributed by atoms with E-state index in [9.17, 15) is 9.59 Å². The van der Waals surface area contributed by atoms with Crippen LogP contribution >= 0.6 is 0 Å². The number of rotatable bonds is 5. The van der Waals surface area contributed by atoms with E-state index in [0.29, 0.717) is 12.1 Å². The van der Waals surface area contributed by atoms with Crippen molar-refractivity contribution in [1.82, 2.24) is 19.4 Å². The lowest BCUT2D eigenvalue weighted by molar-refractivity contribution is 0.107. The van der Waals surface area contributed by atoms with Gasteiger partial charge in [0.15, 0.2) is 5.52 Å². The summed E-state index contributed by atoms with van der Waals surface area (Å²) in [7, 11) is 1.70. The second kappa shape index (κ2) is 7.46. The zero-order valence-corrected chi connectivity index (χ0v) is 15.2. The van der Waals surface area contributed by atoms with E-state index >= 15 is 0 Å². The molecule has 0 bridgehead atoms. The van der Waals surface area contributed by atoms with Crippen LogP contribution in [0.15, 0.2) is 58.3 Å². The van der Waals surface area contributed by atoms with Crippen molar-refractivity contribution in [3.8, 4) is 0 Å². The third-order valence-corrected chi connectivity index (χ3v) is 5.19. The molecule has 0 aliphatic carbocycles. The monoisotopic (exact) mass is 366 g/mol. The number of nitrogens with one attached hydrogen (secondary N) is 1. The summed E-state index contributed by atoms with van der Waals surface area (Å²) in [5, 5.41) is 0. The number of aromatic amines is 1. The molecule has 0 spiro atoms. The molecular weight excluding hydrogens is 344 g/mol. The van der Waals surface area contributed by atoms with E-state index in [2.05, 4.69) is 27.0 Å². The van der Waals surface area contributed by atoms with Crippen LogP contribution in [0.3, 0.4) is 0 Å². The first-order valence-corrected chi connectivity index (χ1v) is 9.04. The fraction of sp³-hybridized carbons (Fsp3) is 0.350. The Morgan fingerprint density at radius 1 is 1.19 bits per heavy atom. The third kappa shape index (κ3) is 3.56. The topological polar surface area (TPSA) is 80.2 Å². The van der Waals surface area contributed by atoms with Gasteiger partial charge in [0.05, 0.1) is 11.6 Å². The number of ether oxygens (including phenoxy) is 1. The fourth-order valence-electron chi connectivity index (χ4n) is 3.77. The lowest BCUT2D eigenvalue weighted by atomic mass is 10.1. The smallest absolute Gasteiger partial charge is 0.328 e. The van der Waals surface area contributed by atoms with Crippen LogP contribution in [-0.4, -0.2) is 45.2 Å². The number of methoxy groups -OCH3 is 1. The lowest BCUT2D eigenvalue weighted by Crippen LogP contribution is -2.42. The molecule has 2 aromatic heterocycles. The molecule has 1 N–H and O–H groups in total. The van der Waals surface area contributed by atoms with Gasteiger partial charge in [0, 0.05) is 39.0 Å². The van der Waals surface area contributed by atoms with Crippen molar-refractivity contribution in [2.45, 2.75) is 31.7 Å². The number of aromatic nitrogens is 3. The SMILES string of the molecule is CO[C@@H]1C[C@@H](Cn2c(=O)[nH]c3cccnc3c2=O)N(Cc2ccccc2)C1. The van der Waals surface area contributed by atoms with Gasteiger partial charge >= 0.3 is 5.69 Å². The van der Waals surface area contributed by atoms with Crippen LogP contribution in [0.2, 0.25) is 0 Å². The Kier molecular flexibility index (Phi) is 4.87. The molecule has 3 heterocycles. The maximum atomic E-state index is 12.8. The summed E-state index contributed by atoms with van der Waals surface area (Å²) in [4.78, 5) is 34.4. The van der Waals surface area contributed by atoms with Crippen molar-refractivity contribution in [3.05, 3.63) is 75.1 Å². The van der Waals surface area contributed by atoms with Gasteiger partial charge in [-0.1, -0.05) is 30.3 Å². The predicted octanol–water partition coefficient (Wildman–Crippen LogP) is 1.37. The number of nitrogens with zero attached hydrogens (tertiary/aromatic N) is 3. The third-order valence-electron chi connectivity index (χ3n) is 5.19. The summed E-state index contributed by atoms with van der Waals surface area (Å²) >= 11 is 0. The normalized spacial score (nSPS) is 20.3. The molecule has 1 aliphatic rings. The zero-order valence-electron chi connectivity index (χ0n) is 15.2. The van der Waals surface area contributed by atoms with E-state index in [4.69, 9.17) is 4.74 Å². The number of benzene rings is 1. The number of fused-ring (bicyclic) bond motifs is 1. The van der Waals surface area contributed by atoms with E-state index < -0.39 is 5.69 Å². The summed E-state index contributed by atoms with van der Waals surface area (Å²) in [5.74, 6) is 0. The van der Waals surface area contributed by atoms with E-state index in [1.807, 2.05) is 18.2 Å². The number of pyridine rings is 1. The highest BCUT2D eigenvalue weighted by Crippen LogP contribution is 2.23. The molecule has 0 amide bonds. The number of hydrogen-bond donors (Lipinski definition) is 1. The molecule has 3 aromatic rings. The minimum Gasteiger partial charge on any atom is -0.380 e. The van der Waals surface area contributed by atoms with Crippen molar-refractivity contribution >= 4 is 11.0 Å². The van der Waals surface area contributed by atoms with E-state index in [1.54, 1.807) is 25.4 Å². The van der Waals surface area contributed by atoms with Crippen LogP contribution in [0, 0.1) is 0 Å². The van der Waals surface area contributed by atoms with Crippen molar-refractivity contribution in [1.29, 1.82) is 0 Å². The first-order valence-electron chi connectivity index (χ1n) is 9.04. The van der Waals surface area contributed by atoms with Gasteiger partial charge in [0.25, 0.3) is 5.56 Å². The maximum absolute atomic E-state index is 12.8. The van der Waals surface area contributed by atoms with Gasteiger partial charge in [0.2, 0.25) is 0 Å². The van der Waals surface area contributed by atoms with E-state index in [0.717, 1.165) is 19.5 Å². The fourth-order valence-corrected chi connectivity index (χ4v) is 3.77. The molecule has 27 heavy (non-hydrogen) atoms. The summed E-state index contributed by atoms with van der Waals surface area (Å²) in [6, 6.07) is 13.6. The molecule has 4 rings (SSSR count). The highest BCUT2D eigenvalue weighted by Gasteiger charge is 2.33. The molecule has 1 saturated heterocycles. The van der Waals surface area contributed by atoms with Crippen molar-refractivity contribution in [2.24, 2.45) is 0 Å². The second-order valence-corrected chi connectivity index (χ2v) is 6.91. The molecule has 7 heteroatoms. The average molecular weight is 366 g/mol. The van der Waals surface area contributed by atoms with Crippen LogP contribution in [0.1, 0.15) is 12.0 Å². The molecule has 1 aliphatic heterocycles. The summed E-state index contributed by atoms with van der Waals surface area (Å²) < 4.78 is 6.81. The van der Waals surface area contributed by atoms with Gasteiger partial charge in [0.1, 0.15) is 0 Å². The largest absolute Gasteiger partial charge is 0.380 e. The Balaban J connectivity index is 1.64. The lowest BCUT2D eigenvalue weighted by Gasteiger charge is -2.24. The summed E-state index contributed by atoms with van der Waals surface area (Å²) in [6.45, 7) is 1.84. The summed E-state index contributed by atoms with van der Waals surface area (Å²) in [5.41, 5.74) is 1.19. The molecule has 0 saturated carbocycles. The Morgan fingerprint density at radius 2 is 2.00 bits per heavy atom. The molecule has 1 fully saturated rings. The Bertz CT molecular complexity index is 1040. The van der Waals surface area contributed by atoms with Crippen LogP contribution in [-0.2, 0) is 17.8 Å². The average Bonchev–Trinajstić information content (AvgIpc) is 3.07. The molecule has 0 unspecified atom stereocenters. The number of H-pyrrole nitrogens is 1. The molecule has 1 aromatic carbocycles.